The average molecular weight is 217 g/mol. The van der Waals surface area contributed by atoms with E-state index in [9.17, 15) is 0 Å². The monoisotopic (exact) mass is 216 g/mol. The molecule has 0 aromatic carbocycles. The quantitative estimate of drug-likeness (QED) is 0.838. The van der Waals surface area contributed by atoms with E-state index in [1.165, 1.54) is 11.3 Å². The Kier molecular flexibility index (Phi) is 4.42. The van der Waals surface area contributed by atoms with Crippen molar-refractivity contribution in [3.8, 4) is 0 Å². The third-order valence-corrected chi connectivity index (χ3v) is 2.63. The number of thiazole rings is 1. The van der Waals surface area contributed by atoms with Crippen LogP contribution >= 0.6 is 22.9 Å². The predicted molar refractivity (Wildman–Crippen MR) is 59.3 cm³/mol. The second kappa shape index (κ2) is 5.37. The maximum Gasteiger partial charge on any atom is 0.117 e. The Hall–Kier alpha value is -0.380. The molecule has 0 spiro atoms. The van der Waals surface area contributed by atoms with E-state index < -0.39 is 0 Å². The number of aromatic nitrogens is 1. The molecule has 1 atom stereocenters. The van der Waals surface area contributed by atoms with Gasteiger partial charge in [0, 0.05) is 6.04 Å². The highest BCUT2D eigenvalue weighted by Gasteiger charge is 1.96. The van der Waals surface area contributed by atoms with Gasteiger partial charge in [0.2, 0.25) is 0 Å². The molecule has 13 heavy (non-hydrogen) atoms. The summed E-state index contributed by atoms with van der Waals surface area (Å²) in [5.41, 5.74) is 0. The Morgan fingerprint density at radius 3 is 3.08 bits per heavy atom. The van der Waals surface area contributed by atoms with Crippen LogP contribution in [0.2, 0.25) is 4.34 Å². The van der Waals surface area contributed by atoms with E-state index in [0.717, 1.165) is 15.9 Å². The first-order valence-corrected chi connectivity index (χ1v) is 5.44. The molecule has 4 heteroatoms. The number of nitrogens with one attached hydrogen (secondary N) is 1. The maximum atomic E-state index is 5.74. The van der Waals surface area contributed by atoms with Crippen molar-refractivity contribution in [1.82, 2.24) is 10.3 Å². The smallest absolute Gasteiger partial charge is 0.117 e. The van der Waals surface area contributed by atoms with E-state index >= 15 is 0 Å². The molecule has 0 amide bonds. The number of nitrogens with zero attached hydrogens (tertiary/aromatic N) is 1. The molecule has 72 valence electrons. The molecule has 1 rings (SSSR count). The third-order valence-electron chi connectivity index (χ3n) is 1.55. The zero-order chi connectivity index (χ0) is 9.68. The van der Waals surface area contributed by atoms with Crippen molar-refractivity contribution >= 4 is 29.0 Å². The van der Waals surface area contributed by atoms with Crippen LogP contribution in [0.5, 0.6) is 0 Å². The van der Waals surface area contributed by atoms with Gasteiger partial charge in [-0.25, -0.2) is 4.98 Å². The number of halogens is 1. The summed E-state index contributed by atoms with van der Waals surface area (Å²) in [5.74, 6) is 0. The third kappa shape index (κ3) is 3.89. The minimum atomic E-state index is 0.382. The molecule has 0 saturated heterocycles. The highest BCUT2D eigenvalue weighted by Crippen LogP contribution is 2.19. The zero-order valence-electron chi connectivity index (χ0n) is 7.75. The lowest BCUT2D eigenvalue weighted by atomic mass is 10.3. The normalized spacial score (nSPS) is 13.8. The maximum absolute atomic E-state index is 5.74. The summed E-state index contributed by atoms with van der Waals surface area (Å²) in [7, 11) is 0. The van der Waals surface area contributed by atoms with Crippen LogP contribution in [0, 0.1) is 0 Å². The second-order valence-electron chi connectivity index (χ2n) is 2.71. The van der Waals surface area contributed by atoms with Crippen molar-refractivity contribution in [2.75, 3.05) is 6.54 Å². The molecule has 0 saturated carbocycles. The van der Waals surface area contributed by atoms with Gasteiger partial charge >= 0.3 is 0 Å². The first kappa shape index (κ1) is 10.7. The Balaban J connectivity index is 2.48. The van der Waals surface area contributed by atoms with Crippen molar-refractivity contribution in [1.29, 1.82) is 0 Å². The van der Waals surface area contributed by atoms with E-state index in [2.05, 4.69) is 30.2 Å². The van der Waals surface area contributed by atoms with Crippen LogP contribution in [0.1, 0.15) is 18.9 Å². The molecule has 2 nitrogen and oxygen atoms in total. The SMILES string of the molecule is CCNC(C)/C=C/c1ncc(Cl)s1. The first-order chi connectivity index (χ1) is 6.22. The largest absolute Gasteiger partial charge is 0.311 e. The summed E-state index contributed by atoms with van der Waals surface area (Å²) in [5, 5.41) is 4.23. The fourth-order valence-electron chi connectivity index (χ4n) is 0.961. The van der Waals surface area contributed by atoms with E-state index in [0.29, 0.717) is 6.04 Å². The molecule has 1 aromatic rings. The van der Waals surface area contributed by atoms with Gasteiger partial charge in [0.05, 0.1) is 6.20 Å². The van der Waals surface area contributed by atoms with Crippen LogP contribution in [-0.4, -0.2) is 17.6 Å². The van der Waals surface area contributed by atoms with Gasteiger partial charge in [-0.15, -0.1) is 11.3 Å². The number of likely N-dealkylation sites (N-methyl/N-ethyl adjacent to an activating group) is 1. The van der Waals surface area contributed by atoms with Gasteiger partial charge in [0.25, 0.3) is 0 Å². The molecule has 0 fully saturated rings. The molecule has 1 unspecified atom stereocenters. The second-order valence-corrected chi connectivity index (χ2v) is 4.40. The Morgan fingerprint density at radius 2 is 2.54 bits per heavy atom. The van der Waals surface area contributed by atoms with Crippen LogP contribution in [0.3, 0.4) is 0 Å². The molecular formula is C9H13ClN2S. The fourth-order valence-corrected chi connectivity index (χ4v) is 1.80. The lowest BCUT2D eigenvalue weighted by Gasteiger charge is -2.04. The lowest BCUT2D eigenvalue weighted by molar-refractivity contribution is 0.663. The molecular weight excluding hydrogens is 204 g/mol. The van der Waals surface area contributed by atoms with E-state index in [4.69, 9.17) is 11.6 Å². The van der Waals surface area contributed by atoms with Crippen LogP contribution in [0.25, 0.3) is 6.08 Å². The fraction of sp³-hybridized carbons (Fsp3) is 0.444. The average Bonchev–Trinajstić information content (AvgIpc) is 2.49. The summed E-state index contributed by atoms with van der Waals surface area (Å²) in [4.78, 5) is 4.12. The minimum absolute atomic E-state index is 0.382. The Labute approximate surface area is 87.6 Å². The standard InChI is InChI=1S/C9H13ClN2S/c1-3-11-7(2)4-5-9-12-6-8(10)13-9/h4-7,11H,3H2,1-2H3/b5-4+. The lowest BCUT2D eigenvalue weighted by Crippen LogP contribution is -2.22. The Bertz CT molecular complexity index is 283. The molecule has 0 aliphatic rings. The molecule has 0 aliphatic carbocycles. The van der Waals surface area contributed by atoms with E-state index in [-0.39, 0.29) is 0 Å². The van der Waals surface area contributed by atoms with Gasteiger partial charge in [0.15, 0.2) is 0 Å². The van der Waals surface area contributed by atoms with Crippen LogP contribution in [-0.2, 0) is 0 Å². The van der Waals surface area contributed by atoms with Crippen molar-refractivity contribution in [2.45, 2.75) is 19.9 Å². The van der Waals surface area contributed by atoms with E-state index in [1.807, 2.05) is 6.08 Å². The highest BCUT2D eigenvalue weighted by molar-refractivity contribution is 7.16. The number of hydrogen-bond acceptors (Lipinski definition) is 3. The van der Waals surface area contributed by atoms with E-state index in [1.54, 1.807) is 6.20 Å². The first-order valence-electron chi connectivity index (χ1n) is 4.25. The highest BCUT2D eigenvalue weighted by atomic mass is 35.5. The number of hydrogen-bond donors (Lipinski definition) is 1. The van der Waals surface area contributed by atoms with Crippen molar-refractivity contribution in [2.24, 2.45) is 0 Å². The topological polar surface area (TPSA) is 24.9 Å². The predicted octanol–water partition coefficient (Wildman–Crippen LogP) is 2.81. The summed E-state index contributed by atoms with van der Waals surface area (Å²) in [6.07, 6.45) is 5.74. The van der Waals surface area contributed by atoms with Gasteiger partial charge in [-0.3, -0.25) is 0 Å². The van der Waals surface area contributed by atoms with Gasteiger partial charge < -0.3 is 5.32 Å². The molecule has 1 N–H and O–H groups in total. The van der Waals surface area contributed by atoms with Gasteiger partial charge in [-0.2, -0.15) is 0 Å². The van der Waals surface area contributed by atoms with Gasteiger partial charge in [0.1, 0.15) is 9.34 Å². The zero-order valence-corrected chi connectivity index (χ0v) is 9.32. The molecule has 0 aliphatic heterocycles. The van der Waals surface area contributed by atoms with Crippen LogP contribution in [0.15, 0.2) is 12.3 Å². The number of rotatable bonds is 4. The van der Waals surface area contributed by atoms with Crippen molar-refractivity contribution in [3.05, 3.63) is 21.6 Å². The summed E-state index contributed by atoms with van der Waals surface area (Å²) >= 11 is 7.23. The van der Waals surface area contributed by atoms with Gasteiger partial charge in [-0.05, 0) is 19.5 Å². The Morgan fingerprint density at radius 1 is 1.77 bits per heavy atom. The minimum Gasteiger partial charge on any atom is -0.311 e. The molecule has 1 heterocycles. The van der Waals surface area contributed by atoms with Gasteiger partial charge in [-0.1, -0.05) is 24.6 Å². The summed E-state index contributed by atoms with van der Waals surface area (Å²) < 4.78 is 0.732. The van der Waals surface area contributed by atoms with Crippen molar-refractivity contribution in [3.63, 3.8) is 0 Å². The molecule has 0 radical (unpaired) electrons. The van der Waals surface area contributed by atoms with Crippen LogP contribution in [0.4, 0.5) is 0 Å². The van der Waals surface area contributed by atoms with Crippen molar-refractivity contribution < 1.29 is 0 Å². The molecule has 1 aromatic heterocycles. The summed E-state index contributed by atoms with van der Waals surface area (Å²) in [6, 6.07) is 0.382. The summed E-state index contributed by atoms with van der Waals surface area (Å²) in [6.45, 7) is 5.17. The molecule has 0 bridgehead atoms. The van der Waals surface area contributed by atoms with Crippen LogP contribution < -0.4 is 5.32 Å².